The van der Waals surface area contributed by atoms with Gasteiger partial charge in [-0.25, -0.2) is 9.37 Å². The van der Waals surface area contributed by atoms with Gasteiger partial charge in [-0.3, -0.25) is 4.98 Å². The van der Waals surface area contributed by atoms with Crippen molar-refractivity contribution in [2.24, 2.45) is 0 Å². The maximum Gasteiger partial charge on any atom is 0.225 e. The van der Waals surface area contributed by atoms with Gasteiger partial charge in [-0.1, -0.05) is 6.07 Å². The maximum absolute atomic E-state index is 13.3. The molecule has 25 heavy (non-hydrogen) atoms. The molecule has 0 fully saturated rings. The van der Waals surface area contributed by atoms with Crippen molar-refractivity contribution < 1.29 is 9.50 Å². The van der Waals surface area contributed by atoms with E-state index in [0.29, 0.717) is 29.7 Å². The van der Waals surface area contributed by atoms with E-state index in [1.165, 1.54) is 12.1 Å². The third-order valence-corrected chi connectivity index (χ3v) is 3.50. The molecule has 6 nitrogen and oxygen atoms in total. The Morgan fingerprint density at radius 3 is 2.68 bits per heavy atom. The van der Waals surface area contributed by atoms with Crippen molar-refractivity contribution in [3.63, 3.8) is 0 Å². The van der Waals surface area contributed by atoms with Crippen LogP contribution in [0.15, 0.2) is 48.7 Å². The van der Waals surface area contributed by atoms with Gasteiger partial charge in [0.25, 0.3) is 0 Å². The van der Waals surface area contributed by atoms with Gasteiger partial charge in [0.2, 0.25) is 5.95 Å². The first kappa shape index (κ1) is 16.8. The molecule has 3 rings (SSSR count). The van der Waals surface area contributed by atoms with E-state index in [9.17, 15) is 4.39 Å². The van der Waals surface area contributed by atoms with Crippen LogP contribution in [0, 0.1) is 12.7 Å². The van der Waals surface area contributed by atoms with Gasteiger partial charge >= 0.3 is 0 Å². The zero-order valence-electron chi connectivity index (χ0n) is 13.7. The average molecular weight is 339 g/mol. The summed E-state index contributed by atoms with van der Waals surface area (Å²) in [4.78, 5) is 13.1. The highest BCUT2D eigenvalue weighted by molar-refractivity contribution is 5.66. The van der Waals surface area contributed by atoms with Crippen molar-refractivity contribution in [1.29, 1.82) is 0 Å². The van der Waals surface area contributed by atoms with E-state index >= 15 is 0 Å². The lowest BCUT2D eigenvalue weighted by atomic mass is 10.2. The topological polar surface area (TPSA) is 83.0 Å². The van der Waals surface area contributed by atoms with E-state index in [0.717, 1.165) is 11.3 Å². The molecule has 0 aliphatic carbocycles. The van der Waals surface area contributed by atoms with Crippen LogP contribution < -0.4 is 10.6 Å². The van der Waals surface area contributed by atoms with Crippen LogP contribution in [0.5, 0.6) is 0 Å². The normalized spacial score (nSPS) is 10.5. The third-order valence-electron chi connectivity index (χ3n) is 3.50. The Hall–Kier alpha value is -3.06. The second-order valence-corrected chi connectivity index (χ2v) is 5.41. The summed E-state index contributed by atoms with van der Waals surface area (Å²) in [6.07, 6.45) is 1.69. The number of aryl methyl sites for hydroxylation is 1. The van der Waals surface area contributed by atoms with Gasteiger partial charge in [0.05, 0.1) is 18.0 Å². The zero-order chi connectivity index (χ0) is 17.6. The van der Waals surface area contributed by atoms with Crippen LogP contribution in [-0.4, -0.2) is 33.2 Å². The highest BCUT2D eigenvalue weighted by atomic mass is 19.1. The van der Waals surface area contributed by atoms with Crippen LogP contribution in [0.25, 0.3) is 11.4 Å². The Kier molecular flexibility index (Phi) is 5.15. The molecule has 0 saturated heterocycles. The molecule has 0 bridgehead atoms. The van der Waals surface area contributed by atoms with E-state index < -0.39 is 0 Å². The number of aliphatic hydroxyl groups is 1. The minimum absolute atomic E-state index is 0.0307. The molecule has 0 saturated carbocycles. The molecule has 128 valence electrons. The number of nitrogens with one attached hydrogen (secondary N) is 2. The van der Waals surface area contributed by atoms with Crippen molar-refractivity contribution >= 4 is 17.5 Å². The monoisotopic (exact) mass is 339 g/mol. The predicted molar refractivity (Wildman–Crippen MR) is 95.3 cm³/mol. The number of aromatic nitrogens is 3. The van der Waals surface area contributed by atoms with Crippen molar-refractivity contribution in [2.45, 2.75) is 6.92 Å². The number of hydrogen-bond donors (Lipinski definition) is 3. The van der Waals surface area contributed by atoms with Crippen molar-refractivity contribution in [2.75, 3.05) is 23.8 Å². The summed E-state index contributed by atoms with van der Waals surface area (Å²) in [5.41, 5.74) is 2.86. The van der Waals surface area contributed by atoms with Gasteiger partial charge in [0, 0.05) is 24.5 Å². The Bertz CT molecular complexity index is 857. The first-order valence-electron chi connectivity index (χ1n) is 7.84. The molecule has 0 aliphatic rings. The Morgan fingerprint density at radius 2 is 1.96 bits per heavy atom. The van der Waals surface area contributed by atoms with Gasteiger partial charge in [-0.2, -0.15) is 4.98 Å². The summed E-state index contributed by atoms with van der Waals surface area (Å²) in [7, 11) is 0. The number of benzene rings is 1. The lowest BCUT2D eigenvalue weighted by Gasteiger charge is -2.12. The molecule has 2 aromatic heterocycles. The summed E-state index contributed by atoms with van der Waals surface area (Å²) in [5, 5.41) is 15.1. The molecular weight excluding hydrogens is 321 g/mol. The van der Waals surface area contributed by atoms with Crippen LogP contribution in [0.1, 0.15) is 5.56 Å². The summed E-state index contributed by atoms with van der Waals surface area (Å²) < 4.78 is 13.3. The molecule has 2 heterocycles. The molecular formula is C18H18FN5O. The number of nitrogens with zero attached hydrogens (tertiary/aromatic N) is 3. The summed E-state index contributed by atoms with van der Waals surface area (Å²) >= 11 is 0. The van der Waals surface area contributed by atoms with Crippen LogP contribution in [-0.2, 0) is 0 Å². The number of halogens is 1. The van der Waals surface area contributed by atoms with Crippen LogP contribution in [0.2, 0.25) is 0 Å². The number of anilines is 3. The number of aliphatic hydroxyl groups excluding tert-OH is 1. The second kappa shape index (κ2) is 7.67. The number of rotatable bonds is 6. The standard InChI is InChI=1S/C18H18FN5O/c1-12-10-13(19)5-6-14(12)22-17-11-16(15-4-2-3-7-20-15)23-18(24-17)21-8-9-25/h2-7,10-11,25H,8-9H2,1H3,(H2,21,22,23,24). The number of hydrogen-bond acceptors (Lipinski definition) is 6. The molecule has 0 radical (unpaired) electrons. The first-order chi connectivity index (χ1) is 12.2. The van der Waals surface area contributed by atoms with Crippen molar-refractivity contribution in [3.05, 3.63) is 60.0 Å². The lowest BCUT2D eigenvalue weighted by Crippen LogP contribution is -2.10. The van der Waals surface area contributed by atoms with E-state index in [4.69, 9.17) is 5.11 Å². The lowest BCUT2D eigenvalue weighted by molar-refractivity contribution is 0.311. The van der Waals surface area contributed by atoms with E-state index in [1.54, 1.807) is 18.3 Å². The van der Waals surface area contributed by atoms with Crippen LogP contribution >= 0.6 is 0 Å². The zero-order valence-corrected chi connectivity index (χ0v) is 13.7. The minimum atomic E-state index is -0.287. The molecule has 0 atom stereocenters. The first-order valence-corrected chi connectivity index (χ1v) is 7.84. The van der Waals surface area contributed by atoms with Gasteiger partial charge < -0.3 is 15.7 Å². The smallest absolute Gasteiger partial charge is 0.225 e. The second-order valence-electron chi connectivity index (χ2n) is 5.41. The van der Waals surface area contributed by atoms with Crippen LogP contribution in [0.4, 0.5) is 21.8 Å². The molecule has 3 N–H and O–H groups in total. The average Bonchev–Trinajstić information content (AvgIpc) is 2.63. The van der Waals surface area contributed by atoms with Gasteiger partial charge in [-0.05, 0) is 42.8 Å². The molecule has 0 amide bonds. The highest BCUT2D eigenvalue weighted by Gasteiger charge is 2.09. The fourth-order valence-electron chi connectivity index (χ4n) is 2.31. The SMILES string of the molecule is Cc1cc(F)ccc1Nc1cc(-c2ccccn2)nc(NCCO)n1. The maximum atomic E-state index is 13.3. The summed E-state index contributed by atoms with van der Waals surface area (Å²) in [5.74, 6) is 0.635. The Morgan fingerprint density at radius 1 is 1.08 bits per heavy atom. The Labute approximate surface area is 144 Å². The Balaban J connectivity index is 1.96. The largest absolute Gasteiger partial charge is 0.395 e. The fraction of sp³-hybridized carbons (Fsp3) is 0.167. The molecule has 0 aliphatic heterocycles. The number of pyridine rings is 1. The van der Waals surface area contributed by atoms with E-state index in [1.807, 2.05) is 25.1 Å². The summed E-state index contributed by atoms with van der Waals surface area (Å²) in [6.45, 7) is 2.12. The van der Waals surface area contributed by atoms with Gasteiger partial charge in [0.15, 0.2) is 0 Å². The van der Waals surface area contributed by atoms with Gasteiger partial charge in [-0.15, -0.1) is 0 Å². The van der Waals surface area contributed by atoms with E-state index in [2.05, 4.69) is 25.6 Å². The molecule has 1 aromatic carbocycles. The van der Waals surface area contributed by atoms with Gasteiger partial charge in [0.1, 0.15) is 11.6 Å². The molecule has 0 unspecified atom stereocenters. The van der Waals surface area contributed by atoms with Crippen LogP contribution in [0.3, 0.4) is 0 Å². The van der Waals surface area contributed by atoms with Crippen molar-refractivity contribution in [1.82, 2.24) is 15.0 Å². The minimum Gasteiger partial charge on any atom is -0.395 e. The molecule has 7 heteroatoms. The summed E-state index contributed by atoms with van der Waals surface area (Å²) in [6, 6.07) is 11.8. The third kappa shape index (κ3) is 4.27. The highest BCUT2D eigenvalue weighted by Crippen LogP contribution is 2.24. The molecule has 0 spiro atoms. The predicted octanol–water partition coefficient (Wildman–Crippen LogP) is 3.13. The molecule has 3 aromatic rings. The quantitative estimate of drug-likeness (QED) is 0.640. The van der Waals surface area contributed by atoms with Crippen molar-refractivity contribution in [3.8, 4) is 11.4 Å². The fourth-order valence-corrected chi connectivity index (χ4v) is 2.31. The van der Waals surface area contributed by atoms with E-state index in [-0.39, 0.29) is 12.4 Å².